The number of hydrogen-bond donors (Lipinski definition) is 0. The number of pyridine rings is 1. The van der Waals surface area contributed by atoms with Crippen LogP contribution in [0.4, 0.5) is 0 Å². The highest BCUT2D eigenvalue weighted by Crippen LogP contribution is 2.52. The number of hydrogen-bond acceptors (Lipinski definition) is 7. The minimum absolute atomic E-state index is 0.0157. The molecule has 0 radical (unpaired) electrons. The molecule has 5 heterocycles. The van der Waals surface area contributed by atoms with Gasteiger partial charge in [-0.3, -0.25) is 14.6 Å². The van der Waals surface area contributed by atoms with Crippen molar-refractivity contribution in [3.63, 3.8) is 0 Å². The number of likely N-dealkylation sites (tertiary alicyclic amines) is 1. The molecular formula is C21H23N5O4. The molecule has 0 aliphatic carbocycles. The average molecular weight is 409 g/mol. The first-order valence-electron chi connectivity index (χ1n) is 10.1. The van der Waals surface area contributed by atoms with Gasteiger partial charge in [0.15, 0.2) is 5.82 Å². The Balaban J connectivity index is 1.31. The highest BCUT2D eigenvalue weighted by atomic mass is 16.5. The summed E-state index contributed by atoms with van der Waals surface area (Å²) in [5.41, 5.74) is 0.417. The van der Waals surface area contributed by atoms with E-state index in [-0.39, 0.29) is 24.5 Å². The van der Waals surface area contributed by atoms with Crippen LogP contribution in [0.15, 0.2) is 41.2 Å². The van der Waals surface area contributed by atoms with E-state index in [9.17, 15) is 9.59 Å². The standard InChI is InChI=1S/C21H23N5O4/c1-13-23-16(24-30-13)11-25(2)19(27)17-15-3-7-21(29-15)12-26(20(28)18(17)21)10-6-14-4-8-22-9-5-14/h3-5,7-9,15,17-18H,6,10-12H2,1-2H3/t15-,17-,18-,21-/m0/s1. The molecule has 156 valence electrons. The van der Waals surface area contributed by atoms with Crippen molar-refractivity contribution in [2.24, 2.45) is 11.8 Å². The highest BCUT2D eigenvalue weighted by Gasteiger charge is 2.66. The number of carbonyl (C=O) groups excluding carboxylic acids is 2. The molecule has 0 saturated carbocycles. The van der Waals surface area contributed by atoms with Crippen LogP contribution in [0.5, 0.6) is 0 Å². The number of amides is 2. The maximum absolute atomic E-state index is 13.3. The van der Waals surface area contributed by atoms with E-state index in [1.807, 2.05) is 29.2 Å². The van der Waals surface area contributed by atoms with Crippen LogP contribution in [0.3, 0.4) is 0 Å². The zero-order valence-electron chi connectivity index (χ0n) is 16.9. The summed E-state index contributed by atoms with van der Waals surface area (Å²) < 4.78 is 11.2. The van der Waals surface area contributed by atoms with Crippen molar-refractivity contribution in [1.29, 1.82) is 0 Å². The predicted molar refractivity (Wildman–Crippen MR) is 104 cm³/mol. The molecule has 3 aliphatic heterocycles. The topological polar surface area (TPSA) is 102 Å². The van der Waals surface area contributed by atoms with E-state index in [1.165, 1.54) is 0 Å². The van der Waals surface area contributed by atoms with Gasteiger partial charge in [0.2, 0.25) is 17.7 Å². The van der Waals surface area contributed by atoms with Crippen LogP contribution in [0, 0.1) is 18.8 Å². The zero-order valence-corrected chi connectivity index (χ0v) is 16.9. The number of rotatable bonds is 6. The van der Waals surface area contributed by atoms with Crippen LogP contribution >= 0.6 is 0 Å². The molecule has 1 spiro atoms. The molecule has 2 bridgehead atoms. The Morgan fingerprint density at radius 1 is 1.37 bits per heavy atom. The van der Waals surface area contributed by atoms with Gasteiger partial charge in [-0.2, -0.15) is 4.98 Å². The van der Waals surface area contributed by atoms with Gasteiger partial charge in [0.05, 0.1) is 31.0 Å². The van der Waals surface area contributed by atoms with Gasteiger partial charge in [-0.1, -0.05) is 17.3 Å². The third kappa shape index (κ3) is 3.00. The van der Waals surface area contributed by atoms with Crippen molar-refractivity contribution < 1.29 is 18.8 Å². The quantitative estimate of drug-likeness (QED) is 0.649. The molecular weight excluding hydrogens is 386 g/mol. The van der Waals surface area contributed by atoms with E-state index in [4.69, 9.17) is 9.26 Å². The summed E-state index contributed by atoms with van der Waals surface area (Å²) in [5, 5.41) is 3.85. The van der Waals surface area contributed by atoms with Crippen LogP contribution in [-0.4, -0.2) is 68.6 Å². The van der Waals surface area contributed by atoms with Crippen molar-refractivity contribution in [2.75, 3.05) is 20.1 Å². The minimum Gasteiger partial charge on any atom is -0.360 e. The molecule has 9 heteroatoms. The third-order valence-electron chi connectivity index (χ3n) is 6.21. The fraction of sp³-hybridized carbons (Fsp3) is 0.476. The van der Waals surface area contributed by atoms with Crippen molar-refractivity contribution in [1.82, 2.24) is 24.9 Å². The second-order valence-electron chi connectivity index (χ2n) is 8.19. The summed E-state index contributed by atoms with van der Waals surface area (Å²) in [7, 11) is 1.69. The second kappa shape index (κ2) is 7.02. The molecule has 5 rings (SSSR count). The van der Waals surface area contributed by atoms with E-state index in [0.29, 0.717) is 24.8 Å². The molecule has 2 fully saturated rings. The Hall–Kier alpha value is -3.07. The van der Waals surface area contributed by atoms with Gasteiger partial charge < -0.3 is 19.1 Å². The number of ether oxygens (including phenoxy) is 1. The molecule has 30 heavy (non-hydrogen) atoms. The summed E-state index contributed by atoms with van der Waals surface area (Å²) in [4.78, 5) is 38.1. The van der Waals surface area contributed by atoms with Crippen LogP contribution < -0.4 is 0 Å². The van der Waals surface area contributed by atoms with Gasteiger partial charge in [-0.15, -0.1) is 0 Å². The Labute approximate surface area is 173 Å². The molecule has 0 aromatic carbocycles. The lowest BCUT2D eigenvalue weighted by molar-refractivity contribution is -0.142. The van der Waals surface area contributed by atoms with Crippen molar-refractivity contribution in [2.45, 2.75) is 31.6 Å². The first-order valence-corrected chi connectivity index (χ1v) is 10.1. The van der Waals surface area contributed by atoms with Crippen LogP contribution in [0.2, 0.25) is 0 Å². The lowest BCUT2D eigenvalue weighted by Crippen LogP contribution is -2.44. The molecule has 9 nitrogen and oxygen atoms in total. The largest absolute Gasteiger partial charge is 0.360 e. The molecule has 0 N–H and O–H groups in total. The summed E-state index contributed by atoms with van der Waals surface area (Å²) in [5.74, 6) is -0.291. The molecule has 2 aromatic heterocycles. The number of carbonyl (C=O) groups is 2. The predicted octanol–water partition coefficient (Wildman–Crippen LogP) is 0.756. The molecule has 2 amide bonds. The molecule has 0 unspecified atom stereocenters. The number of nitrogens with zero attached hydrogens (tertiary/aromatic N) is 5. The first kappa shape index (κ1) is 18.9. The van der Waals surface area contributed by atoms with E-state index < -0.39 is 17.4 Å². The Morgan fingerprint density at radius 3 is 2.90 bits per heavy atom. The van der Waals surface area contributed by atoms with E-state index >= 15 is 0 Å². The summed E-state index contributed by atoms with van der Waals surface area (Å²) in [6.45, 7) is 2.99. The summed E-state index contributed by atoms with van der Waals surface area (Å²) in [6, 6.07) is 3.89. The van der Waals surface area contributed by atoms with Crippen LogP contribution in [0.25, 0.3) is 0 Å². The lowest BCUT2D eigenvalue weighted by Gasteiger charge is -2.27. The Bertz CT molecular complexity index is 1010. The highest BCUT2D eigenvalue weighted by molar-refractivity contribution is 5.93. The Kier molecular flexibility index (Phi) is 4.43. The molecule has 2 saturated heterocycles. The maximum Gasteiger partial charge on any atom is 0.230 e. The fourth-order valence-electron chi connectivity index (χ4n) is 4.81. The molecule has 4 atom stereocenters. The van der Waals surface area contributed by atoms with Crippen LogP contribution in [0.1, 0.15) is 17.3 Å². The van der Waals surface area contributed by atoms with E-state index in [0.717, 1.165) is 12.0 Å². The summed E-state index contributed by atoms with van der Waals surface area (Å²) in [6.07, 6.45) is 7.75. The number of aromatic nitrogens is 3. The van der Waals surface area contributed by atoms with Gasteiger partial charge in [-0.25, -0.2) is 0 Å². The maximum atomic E-state index is 13.3. The SMILES string of the molecule is Cc1nc(CN(C)C(=O)[C@H]2[C@@H]3C=C[C@@]4(CN(CCc5ccncc5)C(=O)[C@H]24)O3)no1. The lowest BCUT2D eigenvalue weighted by atomic mass is 9.76. The summed E-state index contributed by atoms with van der Waals surface area (Å²) >= 11 is 0. The van der Waals surface area contributed by atoms with Gasteiger partial charge in [0.25, 0.3) is 0 Å². The van der Waals surface area contributed by atoms with Crippen molar-refractivity contribution in [3.05, 3.63) is 54.0 Å². The zero-order chi connectivity index (χ0) is 20.9. The average Bonchev–Trinajstić information content (AvgIpc) is 3.48. The van der Waals surface area contributed by atoms with Crippen LogP contribution in [-0.2, 0) is 27.3 Å². The van der Waals surface area contributed by atoms with Gasteiger partial charge in [-0.05, 0) is 24.1 Å². The smallest absolute Gasteiger partial charge is 0.230 e. The number of aryl methyl sites for hydroxylation is 1. The normalized spacial score (nSPS) is 28.9. The number of fused-ring (bicyclic) bond motifs is 1. The van der Waals surface area contributed by atoms with Gasteiger partial charge in [0.1, 0.15) is 5.60 Å². The van der Waals surface area contributed by atoms with Crippen molar-refractivity contribution >= 4 is 11.8 Å². The third-order valence-corrected chi connectivity index (χ3v) is 6.21. The first-order chi connectivity index (χ1) is 14.5. The van der Waals surface area contributed by atoms with Crippen molar-refractivity contribution in [3.8, 4) is 0 Å². The monoisotopic (exact) mass is 409 g/mol. The fourth-order valence-corrected chi connectivity index (χ4v) is 4.81. The molecule has 3 aliphatic rings. The van der Waals surface area contributed by atoms with E-state index in [2.05, 4.69) is 15.1 Å². The minimum atomic E-state index is -0.704. The second-order valence-corrected chi connectivity index (χ2v) is 8.19. The van der Waals surface area contributed by atoms with Gasteiger partial charge in [0, 0.05) is 32.9 Å². The van der Waals surface area contributed by atoms with Gasteiger partial charge >= 0.3 is 0 Å². The molecule has 2 aromatic rings. The Morgan fingerprint density at radius 2 is 2.17 bits per heavy atom. The van der Waals surface area contributed by atoms with E-state index in [1.54, 1.807) is 31.3 Å².